The van der Waals surface area contributed by atoms with Crippen LogP contribution in [-0.4, -0.2) is 5.11 Å². The molecule has 3 aromatic rings. The molecule has 0 saturated heterocycles. The van der Waals surface area contributed by atoms with E-state index in [0.29, 0.717) is 16.9 Å². The van der Waals surface area contributed by atoms with Crippen molar-refractivity contribution in [2.24, 2.45) is 0 Å². The van der Waals surface area contributed by atoms with Crippen molar-refractivity contribution >= 4 is 22.5 Å². The maximum atomic E-state index is 9.67. The van der Waals surface area contributed by atoms with Crippen molar-refractivity contribution in [3.05, 3.63) is 30.3 Å². The molecule has 0 amide bonds. The van der Waals surface area contributed by atoms with Gasteiger partial charge in [0, 0.05) is 11.3 Å². The summed E-state index contributed by atoms with van der Waals surface area (Å²) in [6.45, 7) is 0. The first-order chi connectivity index (χ1) is 8.16. The van der Waals surface area contributed by atoms with Crippen molar-refractivity contribution < 1.29 is 14.3 Å². The van der Waals surface area contributed by atoms with Crippen LogP contribution in [0.2, 0.25) is 0 Å². The lowest BCUT2D eigenvalue weighted by Gasteiger charge is -2.09. The zero-order valence-corrected chi connectivity index (χ0v) is 8.81. The molecule has 3 rings (SSSR count). The van der Waals surface area contributed by atoms with Crippen molar-refractivity contribution in [1.29, 1.82) is 0 Å². The first-order valence-corrected chi connectivity index (χ1v) is 5.02. The summed E-state index contributed by atoms with van der Waals surface area (Å²) in [5, 5.41) is 9.67. The van der Waals surface area contributed by atoms with Gasteiger partial charge in [0.05, 0.1) is 0 Å². The number of aromatic hydroxyl groups is 1. The number of nitrogens with two attached hydrogens (primary N) is 2. The smallest absolute Gasteiger partial charge is 0.252 e. The average molecular weight is 230 g/mol. The Morgan fingerprint density at radius 3 is 2.18 bits per heavy atom. The molecule has 0 bridgehead atoms. The second-order valence-corrected chi connectivity index (χ2v) is 3.80. The van der Waals surface area contributed by atoms with E-state index < -0.39 is 0 Å². The molecular weight excluding hydrogens is 220 g/mol. The molecule has 0 radical (unpaired) electrons. The predicted octanol–water partition coefficient (Wildman–Crippen LogP) is 2.56. The molecule has 1 aromatic heterocycles. The maximum Gasteiger partial charge on any atom is 0.252 e. The Morgan fingerprint density at radius 1 is 0.941 bits per heavy atom. The molecule has 0 aliphatic heterocycles. The number of benzene rings is 2. The number of rotatable bonds is 1. The first-order valence-electron chi connectivity index (χ1n) is 5.02. The summed E-state index contributed by atoms with van der Waals surface area (Å²) in [5.41, 5.74) is 14.6. The number of phenolic OH excluding ortho intramolecular Hbond substituents is 1. The fraction of sp³-hybridized carbons (Fsp3) is 0. The lowest BCUT2D eigenvalue weighted by molar-refractivity contribution is 0.0599. The minimum atomic E-state index is -0.0288. The minimum Gasteiger partial charge on any atom is -0.506 e. The summed E-state index contributed by atoms with van der Waals surface area (Å²) in [7, 11) is 0. The van der Waals surface area contributed by atoms with E-state index in [9.17, 15) is 5.11 Å². The summed E-state index contributed by atoms with van der Waals surface area (Å²) < 4.78 is 9.67. The second-order valence-electron chi connectivity index (χ2n) is 3.80. The highest BCUT2D eigenvalue weighted by molar-refractivity contribution is 5.98. The van der Waals surface area contributed by atoms with Crippen LogP contribution in [0.4, 0.5) is 11.4 Å². The van der Waals surface area contributed by atoms with E-state index in [1.807, 2.05) is 12.1 Å². The Balaban J connectivity index is 2.25. The van der Waals surface area contributed by atoms with Crippen molar-refractivity contribution in [1.82, 2.24) is 0 Å². The first kappa shape index (κ1) is 9.65. The van der Waals surface area contributed by atoms with Crippen LogP contribution >= 0.6 is 0 Å². The Hall–Kier alpha value is -2.56. The third-order valence-electron chi connectivity index (χ3n) is 2.68. The third kappa shape index (κ3) is 1.32. The Kier molecular flexibility index (Phi) is 1.82. The summed E-state index contributed by atoms with van der Waals surface area (Å²) in [4.78, 5) is 0. The van der Waals surface area contributed by atoms with Gasteiger partial charge in [0.2, 0.25) is 5.58 Å². The van der Waals surface area contributed by atoms with E-state index in [2.05, 4.69) is 0 Å². The van der Waals surface area contributed by atoms with Gasteiger partial charge in [-0.05, 0) is 23.8 Å². The number of hydrogen-bond acceptors (Lipinski definition) is 5. The molecule has 0 unspecified atom stereocenters. The second kappa shape index (κ2) is 3.21. The van der Waals surface area contributed by atoms with Crippen molar-refractivity contribution in [2.75, 3.05) is 11.5 Å². The minimum absolute atomic E-state index is 0.0288. The molecule has 0 fully saturated rings. The Bertz CT molecular complexity index is 680. The largest absolute Gasteiger partial charge is 0.506 e. The number of fused-ring (bicyclic) bond motifs is 1. The van der Waals surface area contributed by atoms with Gasteiger partial charge in [0.15, 0.2) is 0 Å². The molecule has 0 aliphatic carbocycles. The van der Waals surface area contributed by atoms with Gasteiger partial charge in [-0.15, -0.1) is 0 Å². The SMILES string of the molecule is Nc1ccc(-c2cc(O)c(N)c3ooc23)cc1. The molecule has 0 saturated carbocycles. The normalized spacial score (nSPS) is 11.1. The Morgan fingerprint density at radius 2 is 1.59 bits per heavy atom. The molecule has 2 aromatic carbocycles. The van der Waals surface area contributed by atoms with Gasteiger partial charge in [-0.1, -0.05) is 12.1 Å². The quantitative estimate of drug-likeness (QED) is 0.339. The number of anilines is 2. The monoisotopic (exact) mass is 230 g/mol. The van der Waals surface area contributed by atoms with E-state index in [1.54, 1.807) is 18.2 Å². The van der Waals surface area contributed by atoms with Gasteiger partial charge in [-0.3, -0.25) is 9.15 Å². The zero-order valence-electron chi connectivity index (χ0n) is 8.81. The van der Waals surface area contributed by atoms with Crippen molar-refractivity contribution in [2.45, 2.75) is 0 Å². The highest BCUT2D eigenvalue weighted by atomic mass is 17.0. The van der Waals surface area contributed by atoms with Gasteiger partial charge in [-0.2, -0.15) is 0 Å². The zero-order chi connectivity index (χ0) is 12.0. The van der Waals surface area contributed by atoms with Gasteiger partial charge in [0.1, 0.15) is 11.4 Å². The van der Waals surface area contributed by atoms with Crippen LogP contribution in [0.5, 0.6) is 5.75 Å². The summed E-state index contributed by atoms with van der Waals surface area (Å²) in [6.07, 6.45) is 0. The maximum absolute atomic E-state index is 9.67. The summed E-state index contributed by atoms with van der Waals surface area (Å²) in [6, 6.07) is 8.76. The van der Waals surface area contributed by atoms with Gasteiger partial charge >= 0.3 is 0 Å². The summed E-state index contributed by atoms with van der Waals surface area (Å²) in [5.74, 6) is -0.0288. The van der Waals surface area contributed by atoms with Gasteiger partial charge < -0.3 is 16.6 Å². The fourth-order valence-corrected chi connectivity index (χ4v) is 1.73. The molecule has 0 spiro atoms. The highest BCUT2D eigenvalue weighted by Crippen LogP contribution is 2.40. The number of hydrogen-bond donors (Lipinski definition) is 3. The Labute approximate surface area is 96.2 Å². The molecule has 5 heteroatoms. The molecule has 0 aliphatic rings. The average Bonchev–Trinajstić information content (AvgIpc) is 2.26. The topological polar surface area (TPSA) is 98.5 Å². The van der Waals surface area contributed by atoms with E-state index in [1.165, 1.54) is 0 Å². The third-order valence-corrected chi connectivity index (χ3v) is 2.68. The van der Waals surface area contributed by atoms with Crippen LogP contribution in [0, 0.1) is 0 Å². The molecule has 5 N–H and O–H groups in total. The van der Waals surface area contributed by atoms with Crippen molar-refractivity contribution in [3.8, 4) is 16.9 Å². The standard InChI is InChI=1S/C12H10N2O3/c13-7-3-1-6(2-4-7)8-5-9(15)10(14)12-11(8)16-17-12/h1-5,15H,13-14H2. The number of nitrogen functional groups attached to an aromatic ring is 2. The van der Waals surface area contributed by atoms with Crippen LogP contribution in [-0.2, 0) is 0 Å². The van der Waals surface area contributed by atoms with Gasteiger partial charge in [-0.25, -0.2) is 0 Å². The van der Waals surface area contributed by atoms with E-state index in [0.717, 1.165) is 11.1 Å². The molecule has 5 nitrogen and oxygen atoms in total. The molecule has 17 heavy (non-hydrogen) atoms. The van der Waals surface area contributed by atoms with Crippen LogP contribution in [0.15, 0.2) is 39.5 Å². The molecule has 86 valence electrons. The molecule has 1 heterocycles. The van der Waals surface area contributed by atoms with Crippen LogP contribution < -0.4 is 11.5 Å². The van der Waals surface area contributed by atoms with Crippen LogP contribution in [0.1, 0.15) is 0 Å². The molecular formula is C12H10N2O3. The van der Waals surface area contributed by atoms with Crippen LogP contribution in [0.3, 0.4) is 0 Å². The van der Waals surface area contributed by atoms with E-state index in [-0.39, 0.29) is 11.4 Å². The van der Waals surface area contributed by atoms with Crippen molar-refractivity contribution in [3.63, 3.8) is 0 Å². The van der Waals surface area contributed by atoms with Crippen LogP contribution in [0.25, 0.3) is 22.3 Å². The summed E-state index contributed by atoms with van der Waals surface area (Å²) >= 11 is 0. The van der Waals surface area contributed by atoms with Gasteiger partial charge in [0.25, 0.3) is 5.58 Å². The van der Waals surface area contributed by atoms with E-state index >= 15 is 0 Å². The predicted molar refractivity (Wildman–Crippen MR) is 64.4 cm³/mol. The fourth-order valence-electron chi connectivity index (χ4n) is 1.73. The lowest BCUT2D eigenvalue weighted by Crippen LogP contribution is -1.93. The molecule has 0 atom stereocenters. The lowest BCUT2D eigenvalue weighted by atomic mass is 10.0. The number of phenols is 1. The van der Waals surface area contributed by atoms with E-state index in [4.69, 9.17) is 20.6 Å². The highest BCUT2D eigenvalue weighted by Gasteiger charge is 2.19.